The lowest BCUT2D eigenvalue weighted by molar-refractivity contribution is -0.143. The predicted molar refractivity (Wildman–Crippen MR) is 95.1 cm³/mol. The highest BCUT2D eigenvalue weighted by Gasteiger charge is 2.32. The first kappa shape index (κ1) is 23.8. The van der Waals surface area contributed by atoms with Crippen LogP contribution < -0.4 is 16.0 Å². The molecule has 0 saturated heterocycles. The molecule has 0 aromatic rings. The maximum Gasteiger partial charge on any atom is 0.326 e. The lowest BCUT2D eigenvalue weighted by Crippen LogP contribution is -2.58. The summed E-state index contributed by atoms with van der Waals surface area (Å²) in [4.78, 5) is 47.4. The fourth-order valence-electron chi connectivity index (χ4n) is 2.36. The molecule has 3 amide bonds. The molecule has 0 aliphatic carbocycles. The van der Waals surface area contributed by atoms with Crippen molar-refractivity contribution in [3.8, 4) is 0 Å². The molecule has 0 aromatic heterocycles. The van der Waals surface area contributed by atoms with E-state index in [0.29, 0.717) is 0 Å². The topological polar surface area (TPSA) is 145 Å². The predicted octanol–water partition coefficient (Wildman–Crippen LogP) is -0.372. The van der Waals surface area contributed by atoms with Gasteiger partial charge in [0.2, 0.25) is 17.7 Å². The Bertz CT molecular complexity index is 519. The number of carboxylic acid groups (broad SMARTS) is 1. The van der Waals surface area contributed by atoms with Crippen molar-refractivity contribution >= 4 is 23.7 Å². The van der Waals surface area contributed by atoms with E-state index in [1.165, 1.54) is 13.8 Å². The van der Waals surface area contributed by atoms with Gasteiger partial charge in [-0.15, -0.1) is 0 Å². The summed E-state index contributed by atoms with van der Waals surface area (Å²) in [5, 5.41) is 26.2. The summed E-state index contributed by atoms with van der Waals surface area (Å²) in [5.74, 6) is -3.30. The average Bonchev–Trinajstić information content (AvgIpc) is 2.47. The number of rotatable bonds is 10. The van der Waals surface area contributed by atoms with Crippen LogP contribution in [0.15, 0.2) is 0 Å². The largest absolute Gasteiger partial charge is 0.480 e. The molecule has 9 heteroatoms. The van der Waals surface area contributed by atoms with Crippen LogP contribution >= 0.6 is 0 Å². The Hall–Kier alpha value is -2.16. The van der Waals surface area contributed by atoms with Gasteiger partial charge in [-0.3, -0.25) is 14.4 Å². The van der Waals surface area contributed by atoms with Gasteiger partial charge in [0.25, 0.3) is 0 Å². The van der Waals surface area contributed by atoms with E-state index < -0.39 is 47.9 Å². The van der Waals surface area contributed by atoms with E-state index in [9.17, 15) is 29.4 Å². The van der Waals surface area contributed by atoms with Crippen LogP contribution in [0.2, 0.25) is 0 Å². The number of carbonyl (C=O) groups excluding carboxylic acids is 3. The summed E-state index contributed by atoms with van der Waals surface area (Å²) in [6, 6.07) is -3.29. The third-order valence-electron chi connectivity index (χ3n) is 3.69. The summed E-state index contributed by atoms with van der Waals surface area (Å²) >= 11 is 0. The number of aliphatic carboxylic acids is 1. The zero-order chi connectivity index (χ0) is 20.6. The first-order valence-electron chi connectivity index (χ1n) is 8.65. The quantitative estimate of drug-likeness (QED) is 0.353. The number of hydrogen-bond acceptors (Lipinski definition) is 5. The first-order chi connectivity index (χ1) is 11.9. The molecule has 0 aliphatic heterocycles. The molecule has 0 spiro atoms. The minimum atomic E-state index is -1.21. The van der Waals surface area contributed by atoms with Gasteiger partial charge in [0, 0.05) is 6.92 Å². The maximum absolute atomic E-state index is 12.5. The molecule has 0 radical (unpaired) electrons. The van der Waals surface area contributed by atoms with Crippen LogP contribution in [-0.2, 0) is 19.2 Å². The highest BCUT2D eigenvalue weighted by molar-refractivity contribution is 5.93. The van der Waals surface area contributed by atoms with Gasteiger partial charge < -0.3 is 26.2 Å². The van der Waals surface area contributed by atoms with Crippen molar-refractivity contribution in [2.24, 2.45) is 11.8 Å². The number of amides is 3. The molecule has 0 aliphatic rings. The van der Waals surface area contributed by atoms with Gasteiger partial charge in [0.1, 0.15) is 18.1 Å². The second-order valence-electron chi connectivity index (χ2n) is 7.18. The van der Waals surface area contributed by atoms with E-state index in [1.54, 1.807) is 13.8 Å². The summed E-state index contributed by atoms with van der Waals surface area (Å²) in [5.41, 5.74) is 0. The Morgan fingerprint density at radius 3 is 1.73 bits per heavy atom. The molecular formula is C17H31N3O6. The van der Waals surface area contributed by atoms with Crippen LogP contribution in [0.4, 0.5) is 0 Å². The van der Waals surface area contributed by atoms with Crippen molar-refractivity contribution in [2.45, 2.75) is 72.2 Å². The Balaban J connectivity index is 5.29. The van der Waals surface area contributed by atoms with Gasteiger partial charge in [0.05, 0.1) is 6.10 Å². The van der Waals surface area contributed by atoms with Gasteiger partial charge in [-0.25, -0.2) is 4.79 Å². The van der Waals surface area contributed by atoms with Crippen molar-refractivity contribution in [2.75, 3.05) is 0 Å². The molecule has 0 rings (SSSR count). The van der Waals surface area contributed by atoms with Crippen molar-refractivity contribution < 1.29 is 29.4 Å². The highest BCUT2D eigenvalue weighted by atomic mass is 16.4. The van der Waals surface area contributed by atoms with E-state index in [0.717, 1.165) is 0 Å². The standard InChI is InChI=1S/C17H31N3O6/c1-8(2)7-12(15(23)20-13(9(3)4)17(25)26)19-16(24)14(10(5)21)18-11(6)22/h8-10,12-14,21H,7H2,1-6H3,(H,18,22)(H,19,24)(H,20,23)(H,25,26)/t10-,12+,13+,14+/m1/s1. The van der Waals surface area contributed by atoms with E-state index in [-0.39, 0.29) is 18.3 Å². The molecule has 0 unspecified atom stereocenters. The number of aliphatic hydroxyl groups is 1. The van der Waals surface area contributed by atoms with E-state index >= 15 is 0 Å². The Morgan fingerprint density at radius 2 is 1.38 bits per heavy atom. The van der Waals surface area contributed by atoms with Crippen LogP contribution in [0.5, 0.6) is 0 Å². The van der Waals surface area contributed by atoms with Gasteiger partial charge >= 0.3 is 5.97 Å². The molecule has 150 valence electrons. The van der Waals surface area contributed by atoms with Crippen molar-refractivity contribution in [1.82, 2.24) is 16.0 Å². The first-order valence-corrected chi connectivity index (χ1v) is 8.65. The van der Waals surface area contributed by atoms with E-state index in [4.69, 9.17) is 0 Å². The average molecular weight is 373 g/mol. The van der Waals surface area contributed by atoms with Crippen LogP contribution in [0, 0.1) is 11.8 Å². The molecule has 4 atom stereocenters. The zero-order valence-corrected chi connectivity index (χ0v) is 16.2. The zero-order valence-electron chi connectivity index (χ0n) is 16.2. The second-order valence-corrected chi connectivity index (χ2v) is 7.18. The lowest BCUT2D eigenvalue weighted by Gasteiger charge is -2.27. The highest BCUT2D eigenvalue weighted by Crippen LogP contribution is 2.08. The fourth-order valence-corrected chi connectivity index (χ4v) is 2.36. The molecule has 0 aromatic carbocycles. The number of nitrogens with one attached hydrogen (secondary N) is 3. The molecular weight excluding hydrogens is 342 g/mol. The summed E-state index contributed by atoms with van der Waals surface area (Å²) in [6.07, 6.45) is -0.890. The van der Waals surface area contributed by atoms with Crippen molar-refractivity contribution in [3.63, 3.8) is 0 Å². The number of aliphatic hydroxyl groups excluding tert-OH is 1. The van der Waals surface area contributed by atoms with Crippen molar-refractivity contribution in [3.05, 3.63) is 0 Å². The Kier molecular flexibility index (Phi) is 9.85. The Labute approximate surface area is 153 Å². The number of carbonyl (C=O) groups is 4. The number of hydrogen-bond donors (Lipinski definition) is 5. The fraction of sp³-hybridized carbons (Fsp3) is 0.765. The van der Waals surface area contributed by atoms with Crippen LogP contribution in [0.25, 0.3) is 0 Å². The molecule has 5 N–H and O–H groups in total. The maximum atomic E-state index is 12.5. The van der Waals surface area contributed by atoms with Gasteiger partial charge in [-0.2, -0.15) is 0 Å². The van der Waals surface area contributed by atoms with Gasteiger partial charge in [-0.1, -0.05) is 27.7 Å². The molecule has 0 heterocycles. The molecule has 0 bridgehead atoms. The SMILES string of the molecule is CC(=O)N[C@H](C(=O)N[C@@H](CC(C)C)C(=O)N[C@H](C(=O)O)C(C)C)[C@@H](C)O. The van der Waals surface area contributed by atoms with Crippen LogP contribution in [0.3, 0.4) is 0 Å². The molecule has 26 heavy (non-hydrogen) atoms. The molecule has 0 saturated carbocycles. The third kappa shape index (κ3) is 8.28. The molecule has 9 nitrogen and oxygen atoms in total. The minimum Gasteiger partial charge on any atom is -0.480 e. The summed E-state index contributed by atoms with van der Waals surface area (Å²) in [7, 11) is 0. The van der Waals surface area contributed by atoms with E-state index in [1.807, 2.05) is 13.8 Å². The summed E-state index contributed by atoms with van der Waals surface area (Å²) in [6.45, 7) is 9.58. The minimum absolute atomic E-state index is 0.0409. The number of carboxylic acids is 1. The molecule has 0 fully saturated rings. The van der Waals surface area contributed by atoms with Crippen LogP contribution in [-0.4, -0.2) is 58.1 Å². The van der Waals surface area contributed by atoms with E-state index in [2.05, 4.69) is 16.0 Å². The van der Waals surface area contributed by atoms with Gasteiger partial charge in [0.15, 0.2) is 0 Å². The second kappa shape index (κ2) is 10.7. The normalized spacial score (nSPS) is 15.7. The monoisotopic (exact) mass is 373 g/mol. The van der Waals surface area contributed by atoms with Gasteiger partial charge in [-0.05, 0) is 25.2 Å². The van der Waals surface area contributed by atoms with Crippen LogP contribution in [0.1, 0.15) is 48.0 Å². The lowest BCUT2D eigenvalue weighted by atomic mass is 10.00. The summed E-state index contributed by atoms with van der Waals surface area (Å²) < 4.78 is 0. The third-order valence-corrected chi connectivity index (χ3v) is 3.69. The smallest absolute Gasteiger partial charge is 0.326 e. The Morgan fingerprint density at radius 1 is 0.846 bits per heavy atom. The van der Waals surface area contributed by atoms with Crippen molar-refractivity contribution in [1.29, 1.82) is 0 Å².